The number of para-hydroxylation sites is 2. The van der Waals surface area contributed by atoms with Gasteiger partial charge in [-0.1, -0.05) is 36.4 Å². The zero-order valence-electron chi connectivity index (χ0n) is 13.7. The van der Waals surface area contributed by atoms with Crippen molar-refractivity contribution in [1.29, 1.82) is 0 Å². The summed E-state index contributed by atoms with van der Waals surface area (Å²) in [5.41, 5.74) is 2.65. The van der Waals surface area contributed by atoms with Gasteiger partial charge in [-0.25, -0.2) is 0 Å². The molecule has 0 bridgehead atoms. The first kappa shape index (κ1) is 15.6. The molecule has 0 spiro atoms. The Bertz CT molecular complexity index is 850. The van der Waals surface area contributed by atoms with Crippen molar-refractivity contribution < 1.29 is 14.6 Å². The lowest BCUT2D eigenvalue weighted by Crippen LogP contribution is -2.47. The Hall–Kier alpha value is -1.88. The van der Waals surface area contributed by atoms with Crippen LogP contribution in [0.4, 0.5) is 0 Å². The van der Waals surface area contributed by atoms with Crippen molar-refractivity contribution in [2.45, 2.75) is 19.4 Å². The Kier molecular flexibility index (Phi) is 4.04. The van der Waals surface area contributed by atoms with Gasteiger partial charge in [0.05, 0.1) is 13.2 Å². The Labute approximate surface area is 141 Å². The second kappa shape index (κ2) is 6.20. The molecule has 1 aromatic heterocycles. The van der Waals surface area contributed by atoms with E-state index in [2.05, 4.69) is 29.2 Å². The second-order valence-electron chi connectivity index (χ2n) is 7.02. The SMILES string of the molecule is OCC1(CO)CCCN(Cc2cccc3c2oc2ccccc23)C1. The van der Waals surface area contributed by atoms with E-state index >= 15 is 0 Å². The molecular weight excluding hydrogens is 302 g/mol. The lowest BCUT2D eigenvalue weighted by atomic mass is 9.81. The van der Waals surface area contributed by atoms with E-state index in [9.17, 15) is 10.2 Å². The number of piperidine rings is 1. The van der Waals surface area contributed by atoms with Gasteiger partial charge in [-0.2, -0.15) is 0 Å². The van der Waals surface area contributed by atoms with Crippen LogP contribution in [-0.4, -0.2) is 41.4 Å². The Morgan fingerprint density at radius 3 is 2.62 bits per heavy atom. The van der Waals surface area contributed by atoms with Gasteiger partial charge < -0.3 is 14.6 Å². The molecule has 0 aliphatic carbocycles. The predicted molar refractivity (Wildman–Crippen MR) is 94.8 cm³/mol. The van der Waals surface area contributed by atoms with Gasteiger partial charge in [0.1, 0.15) is 11.2 Å². The molecule has 4 nitrogen and oxygen atoms in total. The van der Waals surface area contributed by atoms with Gasteiger partial charge in [0.25, 0.3) is 0 Å². The van der Waals surface area contributed by atoms with Gasteiger partial charge >= 0.3 is 0 Å². The van der Waals surface area contributed by atoms with Crippen LogP contribution in [0.2, 0.25) is 0 Å². The number of hydrogen-bond donors (Lipinski definition) is 2. The number of aliphatic hydroxyl groups excluding tert-OH is 2. The highest BCUT2D eigenvalue weighted by Crippen LogP contribution is 2.33. The average Bonchev–Trinajstić information content (AvgIpc) is 3.02. The van der Waals surface area contributed by atoms with E-state index in [1.165, 1.54) is 0 Å². The summed E-state index contributed by atoms with van der Waals surface area (Å²) in [6.07, 6.45) is 1.88. The van der Waals surface area contributed by atoms with Crippen LogP contribution in [0.1, 0.15) is 18.4 Å². The molecular formula is C20H23NO3. The van der Waals surface area contributed by atoms with E-state index in [4.69, 9.17) is 4.42 Å². The standard InChI is InChI=1S/C20H23NO3/c22-13-20(14-23)9-4-10-21(12-20)11-15-5-3-7-17-16-6-1-2-8-18(16)24-19(15)17/h1-3,5-8,22-23H,4,9-14H2. The maximum Gasteiger partial charge on any atom is 0.139 e. The molecule has 3 aromatic rings. The highest BCUT2D eigenvalue weighted by atomic mass is 16.3. The molecule has 2 heterocycles. The predicted octanol–water partition coefficient (Wildman–Crippen LogP) is 3.15. The molecule has 24 heavy (non-hydrogen) atoms. The van der Waals surface area contributed by atoms with E-state index in [1.54, 1.807) is 0 Å². The summed E-state index contributed by atoms with van der Waals surface area (Å²) in [5, 5.41) is 21.7. The fourth-order valence-electron chi connectivity index (χ4n) is 3.92. The van der Waals surface area contributed by atoms with E-state index < -0.39 is 0 Å². The normalized spacial score (nSPS) is 18.4. The summed E-state index contributed by atoms with van der Waals surface area (Å²) in [7, 11) is 0. The molecule has 1 aliphatic heterocycles. The van der Waals surface area contributed by atoms with Gasteiger partial charge in [-0.15, -0.1) is 0 Å². The number of furan rings is 1. The van der Waals surface area contributed by atoms with Gasteiger partial charge in [-0.05, 0) is 25.5 Å². The van der Waals surface area contributed by atoms with Crippen LogP contribution in [0.15, 0.2) is 46.9 Å². The molecule has 0 radical (unpaired) electrons. The molecule has 2 aromatic carbocycles. The van der Waals surface area contributed by atoms with Gasteiger partial charge in [0.15, 0.2) is 0 Å². The van der Waals surface area contributed by atoms with Crippen LogP contribution in [-0.2, 0) is 6.54 Å². The molecule has 0 amide bonds. The van der Waals surface area contributed by atoms with Crippen molar-refractivity contribution in [3.05, 3.63) is 48.0 Å². The topological polar surface area (TPSA) is 56.8 Å². The summed E-state index contributed by atoms with van der Waals surface area (Å²) in [6, 6.07) is 14.4. The van der Waals surface area contributed by atoms with Crippen molar-refractivity contribution in [2.75, 3.05) is 26.3 Å². The van der Waals surface area contributed by atoms with Crippen LogP contribution >= 0.6 is 0 Å². The largest absolute Gasteiger partial charge is 0.456 e. The Balaban J connectivity index is 1.67. The summed E-state index contributed by atoms with van der Waals surface area (Å²) in [6.45, 7) is 2.55. The van der Waals surface area contributed by atoms with Gasteiger partial charge in [0, 0.05) is 34.8 Å². The molecule has 126 valence electrons. The number of likely N-dealkylation sites (tertiary alicyclic amines) is 1. The zero-order valence-corrected chi connectivity index (χ0v) is 13.7. The number of fused-ring (bicyclic) bond motifs is 3. The molecule has 0 saturated carbocycles. The van der Waals surface area contributed by atoms with E-state index in [0.717, 1.165) is 60.0 Å². The van der Waals surface area contributed by atoms with E-state index in [1.807, 2.05) is 18.2 Å². The fraction of sp³-hybridized carbons (Fsp3) is 0.400. The number of aliphatic hydroxyl groups is 2. The first-order valence-corrected chi connectivity index (χ1v) is 8.58. The first-order valence-electron chi connectivity index (χ1n) is 8.58. The van der Waals surface area contributed by atoms with Gasteiger partial charge in [0.2, 0.25) is 0 Å². The van der Waals surface area contributed by atoms with E-state index in [0.29, 0.717) is 0 Å². The van der Waals surface area contributed by atoms with Crippen LogP contribution < -0.4 is 0 Å². The minimum absolute atomic E-state index is 0.0365. The summed E-state index contributed by atoms with van der Waals surface area (Å²) >= 11 is 0. The van der Waals surface area contributed by atoms with Crippen molar-refractivity contribution in [3.63, 3.8) is 0 Å². The van der Waals surface area contributed by atoms with Crippen molar-refractivity contribution in [2.24, 2.45) is 5.41 Å². The number of rotatable bonds is 4. The maximum atomic E-state index is 9.69. The Morgan fingerprint density at radius 2 is 1.79 bits per heavy atom. The third-order valence-electron chi connectivity index (χ3n) is 5.29. The highest BCUT2D eigenvalue weighted by molar-refractivity contribution is 6.05. The lowest BCUT2D eigenvalue weighted by Gasteiger charge is -2.40. The number of hydrogen-bond acceptors (Lipinski definition) is 4. The van der Waals surface area contributed by atoms with Crippen molar-refractivity contribution in [3.8, 4) is 0 Å². The molecule has 1 saturated heterocycles. The summed E-state index contributed by atoms with van der Waals surface area (Å²) in [4.78, 5) is 2.32. The molecule has 0 atom stereocenters. The number of benzene rings is 2. The third kappa shape index (κ3) is 2.61. The fourth-order valence-corrected chi connectivity index (χ4v) is 3.92. The highest BCUT2D eigenvalue weighted by Gasteiger charge is 2.34. The second-order valence-corrected chi connectivity index (χ2v) is 7.02. The summed E-state index contributed by atoms with van der Waals surface area (Å²) < 4.78 is 6.10. The molecule has 0 unspecified atom stereocenters. The first-order chi connectivity index (χ1) is 11.7. The van der Waals surface area contributed by atoms with Crippen LogP contribution in [0.3, 0.4) is 0 Å². The minimum Gasteiger partial charge on any atom is -0.456 e. The molecule has 1 aliphatic rings. The quantitative estimate of drug-likeness (QED) is 0.774. The van der Waals surface area contributed by atoms with Gasteiger partial charge in [-0.3, -0.25) is 4.90 Å². The lowest BCUT2D eigenvalue weighted by molar-refractivity contribution is -0.0131. The minimum atomic E-state index is -0.375. The van der Waals surface area contributed by atoms with Crippen LogP contribution in [0.5, 0.6) is 0 Å². The molecule has 4 rings (SSSR count). The average molecular weight is 325 g/mol. The van der Waals surface area contributed by atoms with E-state index in [-0.39, 0.29) is 18.6 Å². The van der Waals surface area contributed by atoms with Crippen molar-refractivity contribution >= 4 is 21.9 Å². The Morgan fingerprint density at radius 1 is 1.00 bits per heavy atom. The monoisotopic (exact) mass is 325 g/mol. The molecule has 1 fully saturated rings. The number of nitrogens with zero attached hydrogens (tertiary/aromatic N) is 1. The smallest absolute Gasteiger partial charge is 0.139 e. The maximum absolute atomic E-state index is 9.69. The molecule has 4 heteroatoms. The zero-order chi connectivity index (χ0) is 16.6. The third-order valence-corrected chi connectivity index (χ3v) is 5.29. The van der Waals surface area contributed by atoms with Crippen LogP contribution in [0.25, 0.3) is 21.9 Å². The summed E-state index contributed by atoms with van der Waals surface area (Å²) in [5.74, 6) is 0. The van der Waals surface area contributed by atoms with Crippen molar-refractivity contribution in [1.82, 2.24) is 4.90 Å². The molecule has 2 N–H and O–H groups in total. The van der Waals surface area contributed by atoms with Crippen LogP contribution in [0, 0.1) is 5.41 Å².